The summed E-state index contributed by atoms with van der Waals surface area (Å²) in [6.45, 7) is 2.89. The van der Waals surface area contributed by atoms with Gasteiger partial charge in [-0.2, -0.15) is 0 Å². The first-order valence-corrected chi connectivity index (χ1v) is 4.91. The Morgan fingerprint density at radius 1 is 1.31 bits per heavy atom. The van der Waals surface area contributed by atoms with Gasteiger partial charge in [0.25, 0.3) is 0 Å². The van der Waals surface area contributed by atoms with Crippen molar-refractivity contribution >= 4 is 6.01 Å². The molecule has 0 fully saturated rings. The SMILES string of the molecule is CNCc1nnc(NCc2cc(C)on2)o1. The fourth-order valence-electron chi connectivity index (χ4n) is 1.22. The van der Waals surface area contributed by atoms with Crippen LogP contribution in [0.5, 0.6) is 0 Å². The molecular formula is C9H13N5O2. The van der Waals surface area contributed by atoms with Gasteiger partial charge in [-0.1, -0.05) is 10.3 Å². The summed E-state index contributed by atoms with van der Waals surface area (Å²) in [5, 5.41) is 17.4. The lowest BCUT2D eigenvalue weighted by Crippen LogP contribution is -2.04. The van der Waals surface area contributed by atoms with Crippen LogP contribution in [0.25, 0.3) is 0 Å². The molecule has 0 amide bonds. The van der Waals surface area contributed by atoms with Crippen LogP contribution >= 0.6 is 0 Å². The van der Waals surface area contributed by atoms with Crippen LogP contribution in [0, 0.1) is 6.92 Å². The van der Waals surface area contributed by atoms with E-state index in [0.717, 1.165) is 11.5 Å². The minimum absolute atomic E-state index is 0.380. The molecule has 2 heterocycles. The highest BCUT2D eigenvalue weighted by Gasteiger charge is 2.05. The molecule has 16 heavy (non-hydrogen) atoms. The standard InChI is InChI=1S/C9H13N5O2/c1-6-3-7(14-16-6)4-11-9-13-12-8(15-9)5-10-2/h3,10H,4-5H2,1-2H3,(H,11,13). The van der Waals surface area contributed by atoms with E-state index >= 15 is 0 Å². The Labute approximate surface area is 92.2 Å². The van der Waals surface area contributed by atoms with Gasteiger partial charge in [0.15, 0.2) is 0 Å². The van der Waals surface area contributed by atoms with Crippen molar-refractivity contribution in [1.82, 2.24) is 20.7 Å². The van der Waals surface area contributed by atoms with E-state index in [1.165, 1.54) is 0 Å². The van der Waals surface area contributed by atoms with E-state index in [2.05, 4.69) is 26.0 Å². The molecule has 0 spiro atoms. The smallest absolute Gasteiger partial charge is 0.315 e. The molecule has 86 valence electrons. The maximum absolute atomic E-state index is 5.30. The number of rotatable bonds is 5. The highest BCUT2D eigenvalue weighted by Crippen LogP contribution is 2.08. The third-order valence-corrected chi connectivity index (χ3v) is 1.89. The zero-order valence-corrected chi connectivity index (χ0v) is 9.15. The van der Waals surface area contributed by atoms with Crippen molar-refractivity contribution in [3.63, 3.8) is 0 Å². The molecule has 0 atom stereocenters. The molecule has 2 aromatic heterocycles. The predicted octanol–water partition coefficient (Wildman–Crippen LogP) is 0.698. The van der Waals surface area contributed by atoms with E-state index < -0.39 is 0 Å². The molecule has 0 saturated carbocycles. The zero-order chi connectivity index (χ0) is 11.4. The minimum atomic E-state index is 0.380. The molecule has 2 rings (SSSR count). The van der Waals surface area contributed by atoms with Gasteiger partial charge in [-0.3, -0.25) is 0 Å². The maximum atomic E-state index is 5.30. The van der Waals surface area contributed by atoms with Crippen molar-refractivity contribution in [3.05, 3.63) is 23.4 Å². The van der Waals surface area contributed by atoms with Crippen molar-refractivity contribution in [2.45, 2.75) is 20.0 Å². The second kappa shape index (κ2) is 4.75. The number of nitrogens with zero attached hydrogens (tertiary/aromatic N) is 3. The molecule has 7 nitrogen and oxygen atoms in total. The van der Waals surface area contributed by atoms with Gasteiger partial charge in [0.2, 0.25) is 5.89 Å². The van der Waals surface area contributed by atoms with Crippen molar-refractivity contribution in [2.24, 2.45) is 0 Å². The molecule has 0 saturated heterocycles. The van der Waals surface area contributed by atoms with Crippen molar-refractivity contribution in [1.29, 1.82) is 0 Å². The predicted molar refractivity (Wildman–Crippen MR) is 55.6 cm³/mol. The summed E-state index contributed by atoms with van der Waals surface area (Å²) >= 11 is 0. The van der Waals surface area contributed by atoms with E-state index in [-0.39, 0.29) is 0 Å². The largest absolute Gasteiger partial charge is 0.407 e. The molecule has 0 aromatic carbocycles. The lowest BCUT2D eigenvalue weighted by Gasteiger charge is -1.95. The van der Waals surface area contributed by atoms with Crippen LogP contribution in [0.2, 0.25) is 0 Å². The number of hydrogen-bond donors (Lipinski definition) is 2. The molecule has 0 aliphatic rings. The zero-order valence-electron chi connectivity index (χ0n) is 9.15. The first-order valence-electron chi connectivity index (χ1n) is 4.91. The average molecular weight is 223 g/mol. The van der Waals surface area contributed by atoms with E-state index in [4.69, 9.17) is 8.94 Å². The summed E-state index contributed by atoms with van der Waals surface area (Å²) in [4.78, 5) is 0. The van der Waals surface area contributed by atoms with E-state index in [1.807, 2.05) is 20.0 Å². The van der Waals surface area contributed by atoms with Crippen molar-refractivity contribution < 1.29 is 8.94 Å². The van der Waals surface area contributed by atoms with E-state index in [1.54, 1.807) is 0 Å². The highest BCUT2D eigenvalue weighted by atomic mass is 16.5. The van der Waals surface area contributed by atoms with Crippen LogP contribution < -0.4 is 10.6 Å². The third-order valence-electron chi connectivity index (χ3n) is 1.89. The van der Waals surface area contributed by atoms with Crippen LogP contribution in [-0.2, 0) is 13.1 Å². The lowest BCUT2D eigenvalue weighted by atomic mass is 10.4. The molecule has 0 bridgehead atoms. The Balaban J connectivity index is 1.89. The Bertz CT molecular complexity index is 450. The summed E-state index contributed by atoms with van der Waals surface area (Å²) in [6.07, 6.45) is 0. The summed E-state index contributed by atoms with van der Waals surface area (Å²) in [5.41, 5.74) is 0.797. The van der Waals surface area contributed by atoms with Crippen LogP contribution in [0.3, 0.4) is 0 Å². The van der Waals surface area contributed by atoms with Gasteiger partial charge in [0.05, 0.1) is 13.1 Å². The Morgan fingerprint density at radius 3 is 2.88 bits per heavy atom. The normalized spacial score (nSPS) is 10.6. The van der Waals surface area contributed by atoms with Crippen LogP contribution in [0.1, 0.15) is 17.3 Å². The number of aryl methyl sites for hydroxylation is 1. The monoisotopic (exact) mass is 223 g/mol. The number of hydrogen-bond acceptors (Lipinski definition) is 7. The summed E-state index contributed by atoms with van der Waals surface area (Å²) < 4.78 is 10.2. The molecule has 0 radical (unpaired) electrons. The van der Waals surface area contributed by atoms with E-state index in [9.17, 15) is 0 Å². The molecule has 7 heteroatoms. The summed E-state index contributed by atoms with van der Waals surface area (Å²) in [6, 6.07) is 2.23. The van der Waals surface area contributed by atoms with Crippen LogP contribution in [0.15, 0.2) is 15.0 Å². The van der Waals surface area contributed by atoms with Crippen LogP contribution in [-0.4, -0.2) is 22.4 Å². The summed E-state index contributed by atoms with van der Waals surface area (Å²) in [7, 11) is 1.81. The molecular weight excluding hydrogens is 210 g/mol. The van der Waals surface area contributed by atoms with Gasteiger partial charge in [-0.25, -0.2) is 0 Å². The maximum Gasteiger partial charge on any atom is 0.315 e. The number of nitrogens with one attached hydrogen (secondary N) is 2. The topological polar surface area (TPSA) is 89.0 Å². The fourth-order valence-corrected chi connectivity index (χ4v) is 1.22. The molecule has 2 N–H and O–H groups in total. The second-order valence-electron chi connectivity index (χ2n) is 3.31. The minimum Gasteiger partial charge on any atom is -0.407 e. The van der Waals surface area contributed by atoms with Gasteiger partial charge < -0.3 is 19.6 Å². The Hall–Kier alpha value is -1.89. The molecule has 0 unspecified atom stereocenters. The Morgan fingerprint density at radius 2 is 2.19 bits per heavy atom. The van der Waals surface area contributed by atoms with Crippen LogP contribution in [0.4, 0.5) is 6.01 Å². The number of anilines is 1. The highest BCUT2D eigenvalue weighted by molar-refractivity contribution is 5.19. The lowest BCUT2D eigenvalue weighted by molar-refractivity contribution is 0.391. The van der Waals surface area contributed by atoms with Crippen molar-refractivity contribution in [3.8, 4) is 0 Å². The summed E-state index contributed by atoms with van der Waals surface area (Å²) in [5.74, 6) is 1.32. The van der Waals surface area contributed by atoms with Gasteiger partial charge in [-0.15, -0.1) is 5.10 Å². The van der Waals surface area contributed by atoms with Crippen molar-refractivity contribution in [2.75, 3.05) is 12.4 Å². The Kier molecular flexibility index (Phi) is 3.16. The second-order valence-corrected chi connectivity index (χ2v) is 3.31. The number of aromatic nitrogens is 3. The first kappa shape index (κ1) is 10.6. The van der Waals surface area contributed by atoms with Gasteiger partial charge in [0, 0.05) is 6.07 Å². The first-order chi connectivity index (χ1) is 7.78. The van der Waals surface area contributed by atoms with E-state index in [0.29, 0.717) is 25.0 Å². The molecule has 0 aliphatic carbocycles. The van der Waals surface area contributed by atoms with Gasteiger partial charge in [-0.05, 0) is 14.0 Å². The van der Waals surface area contributed by atoms with Gasteiger partial charge >= 0.3 is 6.01 Å². The average Bonchev–Trinajstić information content (AvgIpc) is 2.85. The molecule has 0 aliphatic heterocycles. The van der Waals surface area contributed by atoms with Gasteiger partial charge in [0.1, 0.15) is 11.5 Å². The fraction of sp³-hybridized carbons (Fsp3) is 0.444. The third kappa shape index (κ3) is 2.57. The molecule has 2 aromatic rings. The quantitative estimate of drug-likeness (QED) is 0.771.